The van der Waals surface area contributed by atoms with Crippen molar-refractivity contribution in [1.82, 2.24) is 9.88 Å². The molecule has 2 aromatic rings. The van der Waals surface area contributed by atoms with Crippen LogP contribution in [-0.4, -0.2) is 47.3 Å². The number of carboxylic acids is 1. The number of pyridine rings is 1. The normalized spacial score (nSPS) is 12.1. The van der Waals surface area contributed by atoms with E-state index in [2.05, 4.69) is 4.98 Å². The van der Waals surface area contributed by atoms with Crippen LogP contribution in [0.15, 0.2) is 30.6 Å². The first-order valence-corrected chi connectivity index (χ1v) is 7.79. The van der Waals surface area contributed by atoms with Crippen molar-refractivity contribution < 1.29 is 24.2 Å². The zero-order valence-corrected chi connectivity index (χ0v) is 14.0. The van der Waals surface area contributed by atoms with Gasteiger partial charge < -0.3 is 19.5 Å². The summed E-state index contributed by atoms with van der Waals surface area (Å²) in [6, 6.07) is 5.69. The van der Waals surface area contributed by atoms with Gasteiger partial charge in [-0.3, -0.25) is 9.78 Å². The molecule has 3 rings (SSSR count). The van der Waals surface area contributed by atoms with E-state index in [0.29, 0.717) is 29.8 Å². The van der Waals surface area contributed by atoms with E-state index >= 15 is 0 Å². The molecule has 1 aliphatic rings. The maximum Gasteiger partial charge on any atom is 0.337 e. The molecule has 1 amide bonds. The smallest absolute Gasteiger partial charge is 0.337 e. The van der Waals surface area contributed by atoms with Gasteiger partial charge in [0.25, 0.3) is 5.91 Å². The lowest BCUT2D eigenvalue weighted by atomic mass is 10.0. The molecule has 1 aromatic heterocycles. The number of hydrogen-bond acceptors (Lipinski definition) is 5. The Hall–Kier alpha value is -3.09. The minimum absolute atomic E-state index is 0.0371. The second-order valence-corrected chi connectivity index (χ2v) is 5.83. The molecule has 1 aromatic carbocycles. The first-order chi connectivity index (χ1) is 12.0. The Bertz CT molecular complexity index is 834. The zero-order valence-electron chi connectivity index (χ0n) is 14.0. The lowest BCUT2D eigenvalue weighted by Crippen LogP contribution is -2.30. The van der Waals surface area contributed by atoms with E-state index in [0.717, 1.165) is 11.3 Å². The van der Waals surface area contributed by atoms with E-state index in [1.807, 2.05) is 18.2 Å². The highest BCUT2D eigenvalue weighted by molar-refractivity contribution is 5.99. The molecule has 0 unspecified atom stereocenters. The van der Waals surface area contributed by atoms with Crippen LogP contribution < -0.4 is 9.47 Å². The standard InChI is InChI=1S/C18H18N2O5/c1-11-13(8-19-9-14(11)18(22)23)17(21)20(2)6-5-12-3-4-15-16(7-12)25-10-24-15/h3-4,7-9H,5-6,10H2,1-2H3,(H,22,23). The van der Waals surface area contributed by atoms with Gasteiger partial charge in [0, 0.05) is 26.0 Å². The number of benzene rings is 1. The summed E-state index contributed by atoms with van der Waals surface area (Å²) in [5.41, 5.74) is 1.78. The van der Waals surface area contributed by atoms with Crippen molar-refractivity contribution in [3.05, 3.63) is 52.8 Å². The Morgan fingerprint density at radius 3 is 2.68 bits per heavy atom. The fourth-order valence-corrected chi connectivity index (χ4v) is 2.66. The molecule has 0 spiro atoms. The second kappa shape index (κ2) is 6.80. The number of carbonyl (C=O) groups excluding carboxylic acids is 1. The molecule has 7 heteroatoms. The second-order valence-electron chi connectivity index (χ2n) is 5.83. The minimum Gasteiger partial charge on any atom is -0.478 e. The SMILES string of the molecule is Cc1c(C(=O)O)cncc1C(=O)N(C)CCc1ccc2c(c1)OCO2. The molecule has 0 saturated heterocycles. The van der Waals surface area contributed by atoms with Crippen molar-refractivity contribution in [2.75, 3.05) is 20.4 Å². The summed E-state index contributed by atoms with van der Waals surface area (Å²) in [7, 11) is 1.68. The Morgan fingerprint density at radius 2 is 1.92 bits per heavy atom. The Labute approximate surface area is 144 Å². The fraction of sp³-hybridized carbons (Fsp3) is 0.278. The number of aromatic carboxylic acids is 1. The number of likely N-dealkylation sites (N-methyl/N-ethyl adjacent to an activating group) is 1. The third-order valence-corrected chi connectivity index (χ3v) is 4.20. The van der Waals surface area contributed by atoms with E-state index in [4.69, 9.17) is 14.6 Å². The molecule has 0 fully saturated rings. The van der Waals surface area contributed by atoms with Crippen LogP contribution in [0, 0.1) is 6.92 Å². The largest absolute Gasteiger partial charge is 0.478 e. The fourth-order valence-electron chi connectivity index (χ4n) is 2.66. The zero-order chi connectivity index (χ0) is 18.0. The summed E-state index contributed by atoms with van der Waals surface area (Å²) < 4.78 is 10.6. The Balaban J connectivity index is 1.69. The minimum atomic E-state index is -1.09. The van der Waals surface area contributed by atoms with Crippen LogP contribution in [0.2, 0.25) is 0 Å². The molecule has 1 aliphatic heterocycles. The number of ether oxygens (including phenoxy) is 2. The van der Waals surface area contributed by atoms with Gasteiger partial charge in [-0.2, -0.15) is 0 Å². The van der Waals surface area contributed by atoms with Gasteiger partial charge in [-0.05, 0) is 36.6 Å². The number of amides is 1. The molecule has 0 radical (unpaired) electrons. The molecule has 0 saturated carbocycles. The van der Waals surface area contributed by atoms with Crippen LogP contribution in [0.5, 0.6) is 11.5 Å². The summed E-state index contributed by atoms with van der Waals surface area (Å²) in [6.07, 6.45) is 3.30. The van der Waals surface area contributed by atoms with E-state index in [-0.39, 0.29) is 18.3 Å². The van der Waals surface area contributed by atoms with Crippen LogP contribution in [0.3, 0.4) is 0 Å². The molecule has 0 aliphatic carbocycles. The topological polar surface area (TPSA) is 89.0 Å². The van der Waals surface area contributed by atoms with E-state index < -0.39 is 5.97 Å². The number of hydrogen-bond donors (Lipinski definition) is 1. The lowest BCUT2D eigenvalue weighted by molar-refractivity contribution is 0.0695. The first-order valence-electron chi connectivity index (χ1n) is 7.79. The average molecular weight is 342 g/mol. The average Bonchev–Trinajstić information content (AvgIpc) is 3.06. The summed E-state index contributed by atoms with van der Waals surface area (Å²) >= 11 is 0. The highest BCUT2D eigenvalue weighted by atomic mass is 16.7. The predicted molar refractivity (Wildman–Crippen MR) is 89.2 cm³/mol. The lowest BCUT2D eigenvalue weighted by Gasteiger charge is -2.18. The van der Waals surface area contributed by atoms with Crippen molar-refractivity contribution >= 4 is 11.9 Å². The maximum absolute atomic E-state index is 12.6. The van der Waals surface area contributed by atoms with Gasteiger partial charge >= 0.3 is 5.97 Å². The summed E-state index contributed by atoms with van der Waals surface area (Å²) in [5.74, 6) is 0.0811. The number of carboxylic acid groups (broad SMARTS) is 1. The molecular weight excluding hydrogens is 324 g/mol. The Morgan fingerprint density at radius 1 is 1.20 bits per heavy atom. The van der Waals surface area contributed by atoms with Gasteiger partial charge in [0.15, 0.2) is 11.5 Å². The highest BCUT2D eigenvalue weighted by Crippen LogP contribution is 2.32. The van der Waals surface area contributed by atoms with Gasteiger partial charge in [-0.25, -0.2) is 4.79 Å². The van der Waals surface area contributed by atoms with Crippen LogP contribution in [0.1, 0.15) is 31.8 Å². The van der Waals surface area contributed by atoms with Crippen molar-refractivity contribution in [3.8, 4) is 11.5 Å². The molecule has 2 heterocycles. The monoisotopic (exact) mass is 342 g/mol. The van der Waals surface area contributed by atoms with Crippen molar-refractivity contribution in [2.45, 2.75) is 13.3 Å². The summed E-state index contributed by atoms with van der Waals surface area (Å²) in [4.78, 5) is 29.2. The molecule has 130 valence electrons. The quantitative estimate of drug-likeness (QED) is 0.895. The van der Waals surface area contributed by atoms with Crippen molar-refractivity contribution in [3.63, 3.8) is 0 Å². The van der Waals surface area contributed by atoms with Gasteiger partial charge in [0.2, 0.25) is 6.79 Å². The molecule has 25 heavy (non-hydrogen) atoms. The number of carbonyl (C=O) groups is 2. The predicted octanol–water partition coefficient (Wildman–Crippen LogP) is 2.13. The van der Waals surface area contributed by atoms with Crippen LogP contribution in [-0.2, 0) is 6.42 Å². The van der Waals surface area contributed by atoms with Crippen molar-refractivity contribution in [1.29, 1.82) is 0 Å². The molecule has 0 atom stereocenters. The molecular formula is C18H18N2O5. The van der Waals surface area contributed by atoms with Gasteiger partial charge in [0.1, 0.15) is 0 Å². The third-order valence-electron chi connectivity index (χ3n) is 4.20. The van der Waals surface area contributed by atoms with Crippen LogP contribution in [0.25, 0.3) is 0 Å². The third kappa shape index (κ3) is 3.40. The molecule has 7 nitrogen and oxygen atoms in total. The van der Waals surface area contributed by atoms with Crippen LogP contribution in [0.4, 0.5) is 0 Å². The van der Waals surface area contributed by atoms with Crippen molar-refractivity contribution in [2.24, 2.45) is 0 Å². The highest BCUT2D eigenvalue weighted by Gasteiger charge is 2.19. The summed E-state index contributed by atoms with van der Waals surface area (Å²) in [6.45, 7) is 2.32. The number of aromatic nitrogens is 1. The Kier molecular flexibility index (Phi) is 4.56. The summed E-state index contributed by atoms with van der Waals surface area (Å²) in [5, 5.41) is 9.15. The number of nitrogens with zero attached hydrogens (tertiary/aromatic N) is 2. The number of rotatable bonds is 5. The van der Waals surface area contributed by atoms with E-state index in [9.17, 15) is 9.59 Å². The number of fused-ring (bicyclic) bond motifs is 1. The van der Waals surface area contributed by atoms with Gasteiger partial charge in [0.05, 0.1) is 11.1 Å². The van der Waals surface area contributed by atoms with E-state index in [1.165, 1.54) is 12.4 Å². The first kappa shape index (κ1) is 16.8. The van der Waals surface area contributed by atoms with E-state index in [1.54, 1.807) is 18.9 Å². The molecule has 1 N–H and O–H groups in total. The maximum atomic E-state index is 12.6. The van der Waals surface area contributed by atoms with Gasteiger partial charge in [-0.15, -0.1) is 0 Å². The van der Waals surface area contributed by atoms with Gasteiger partial charge in [-0.1, -0.05) is 6.07 Å². The van der Waals surface area contributed by atoms with Crippen LogP contribution >= 0.6 is 0 Å². The molecule has 0 bridgehead atoms.